The Hall–Kier alpha value is -2.69. The predicted octanol–water partition coefficient (Wildman–Crippen LogP) is 1.60. The van der Waals surface area contributed by atoms with Gasteiger partial charge in [0.25, 0.3) is 0 Å². The molecule has 1 aromatic heterocycles. The summed E-state index contributed by atoms with van der Waals surface area (Å²) in [5.74, 6) is -0.269. The first-order chi connectivity index (χ1) is 10.2. The highest BCUT2D eigenvalue weighted by atomic mass is 16.2. The van der Waals surface area contributed by atoms with Crippen molar-refractivity contribution in [1.82, 2.24) is 9.88 Å². The summed E-state index contributed by atoms with van der Waals surface area (Å²) in [4.78, 5) is 30.0. The van der Waals surface area contributed by atoms with E-state index in [-0.39, 0.29) is 24.8 Å². The fourth-order valence-corrected chi connectivity index (χ4v) is 2.35. The molecule has 1 aliphatic heterocycles. The largest absolute Gasteiger partial charge is 0.329 e. The number of benzene rings is 1. The summed E-state index contributed by atoms with van der Waals surface area (Å²) < 4.78 is 0. The molecule has 0 fully saturated rings. The molecular formula is C16H15N3O2. The molecule has 21 heavy (non-hydrogen) atoms. The molecule has 5 heteroatoms. The summed E-state index contributed by atoms with van der Waals surface area (Å²) in [5.41, 5.74) is 2.42. The molecule has 2 amide bonds. The van der Waals surface area contributed by atoms with Gasteiger partial charge < -0.3 is 10.2 Å². The zero-order valence-electron chi connectivity index (χ0n) is 11.5. The van der Waals surface area contributed by atoms with Crippen molar-refractivity contribution in [1.29, 1.82) is 0 Å². The highest BCUT2D eigenvalue weighted by Crippen LogP contribution is 2.20. The Kier molecular flexibility index (Phi) is 3.64. The lowest BCUT2D eigenvalue weighted by Gasteiger charge is -2.19. The van der Waals surface area contributed by atoms with Gasteiger partial charge in [-0.2, -0.15) is 0 Å². The maximum atomic E-state index is 12.4. The van der Waals surface area contributed by atoms with Crippen LogP contribution in [0.3, 0.4) is 0 Å². The molecule has 1 aliphatic rings. The molecule has 0 radical (unpaired) electrons. The van der Waals surface area contributed by atoms with Crippen LogP contribution in [0.4, 0.5) is 5.69 Å². The first-order valence-corrected chi connectivity index (χ1v) is 6.78. The second-order valence-electron chi connectivity index (χ2n) is 4.95. The third-order valence-corrected chi connectivity index (χ3v) is 3.40. The number of anilines is 1. The van der Waals surface area contributed by atoms with E-state index in [2.05, 4.69) is 10.3 Å². The summed E-state index contributed by atoms with van der Waals surface area (Å²) in [6, 6.07) is 13.0. The SMILES string of the molecule is O=C1CN(C(=O)Cc2ccccn2)Cc2ccccc2N1. The number of nitrogens with one attached hydrogen (secondary N) is 1. The summed E-state index contributed by atoms with van der Waals surface area (Å²) in [6.07, 6.45) is 1.86. The van der Waals surface area contributed by atoms with E-state index >= 15 is 0 Å². The zero-order chi connectivity index (χ0) is 14.7. The smallest absolute Gasteiger partial charge is 0.244 e. The number of hydrogen-bond acceptors (Lipinski definition) is 3. The zero-order valence-corrected chi connectivity index (χ0v) is 11.5. The topological polar surface area (TPSA) is 62.3 Å². The van der Waals surface area contributed by atoms with Gasteiger partial charge in [0.15, 0.2) is 0 Å². The molecule has 3 rings (SSSR count). The number of para-hydroxylation sites is 1. The molecule has 5 nitrogen and oxygen atoms in total. The molecule has 106 valence electrons. The van der Waals surface area contributed by atoms with Crippen LogP contribution >= 0.6 is 0 Å². The molecule has 0 saturated carbocycles. The normalized spacial score (nSPS) is 14.1. The Bertz CT molecular complexity index is 670. The minimum absolute atomic E-state index is 0.0698. The summed E-state index contributed by atoms with van der Waals surface area (Å²) in [5, 5.41) is 2.82. The molecule has 1 aromatic carbocycles. The minimum atomic E-state index is -0.172. The molecule has 0 atom stereocenters. The molecule has 2 heterocycles. The van der Waals surface area contributed by atoms with Gasteiger partial charge in [0.1, 0.15) is 6.54 Å². The van der Waals surface area contributed by atoms with E-state index in [1.165, 1.54) is 0 Å². The third kappa shape index (κ3) is 3.08. The van der Waals surface area contributed by atoms with Crippen LogP contribution in [0.15, 0.2) is 48.7 Å². The average Bonchev–Trinajstić information content (AvgIpc) is 2.66. The molecule has 0 bridgehead atoms. The second-order valence-corrected chi connectivity index (χ2v) is 4.95. The van der Waals surface area contributed by atoms with Crippen molar-refractivity contribution < 1.29 is 9.59 Å². The Morgan fingerprint density at radius 1 is 1.14 bits per heavy atom. The predicted molar refractivity (Wildman–Crippen MR) is 78.4 cm³/mol. The van der Waals surface area contributed by atoms with Crippen LogP contribution in [0, 0.1) is 0 Å². The molecule has 0 spiro atoms. The number of amides is 2. The van der Waals surface area contributed by atoms with E-state index in [4.69, 9.17) is 0 Å². The molecule has 0 aliphatic carbocycles. The number of nitrogens with zero attached hydrogens (tertiary/aromatic N) is 2. The van der Waals surface area contributed by atoms with Gasteiger partial charge in [0.2, 0.25) is 11.8 Å². The van der Waals surface area contributed by atoms with Gasteiger partial charge in [-0.3, -0.25) is 14.6 Å². The van der Waals surface area contributed by atoms with Gasteiger partial charge in [-0.1, -0.05) is 24.3 Å². The van der Waals surface area contributed by atoms with Crippen molar-refractivity contribution in [3.8, 4) is 0 Å². The monoisotopic (exact) mass is 281 g/mol. The summed E-state index contributed by atoms with van der Waals surface area (Å²) in [7, 11) is 0. The number of aromatic nitrogens is 1. The van der Waals surface area contributed by atoms with Gasteiger partial charge in [0, 0.05) is 24.1 Å². The van der Waals surface area contributed by atoms with Crippen molar-refractivity contribution in [3.63, 3.8) is 0 Å². The van der Waals surface area contributed by atoms with Gasteiger partial charge in [-0.15, -0.1) is 0 Å². The molecule has 1 N–H and O–H groups in total. The Labute approximate surface area is 122 Å². The summed E-state index contributed by atoms with van der Waals surface area (Å²) >= 11 is 0. The minimum Gasteiger partial charge on any atom is -0.329 e. The maximum Gasteiger partial charge on any atom is 0.244 e. The highest BCUT2D eigenvalue weighted by Gasteiger charge is 2.23. The molecular weight excluding hydrogens is 266 g/mol. The lowest BCUT2D eigenvalue weighted by Crippen LogP contribution is -2.36. The Morgan fingerprint density at radius 2 is 1.95 bits per heavy atom. The van der Waals surface area contributed by atoms with Crippen LogP contribution in [0.5, 0.6) is 0 Å². The second kappa shape index (κ2) is 5.75. The van der Waals surface area contributed by atoms with Gasteiger partial charge >= 0.3 is 0 Å². The standard InChI is InChI=1S/C16H15N3O2/c20-15-11-19(10-12-5-1-2-7-14(12)18-15)16(21)9-13-6-3-4-8-17-13/h1-8H,9-11H2,(H,18,20). The van der Waals surface area contributed by atoms with Crippen LogP contribution in [-0.2, 0) is 22.6 Å². The van der Waals surface area contributed by atoms with Crippen LogP contribution in [-0.4, -0.2) is 28.2 Å². The quantitative estimate of drug-likeness (QED) is 0.909. The first-order valence-electron chi connectivity index (χ1n) is 6.78. The number of fused-ring (bicyclic) bond motifs is 1. The highest BCUT2D eigenvalue weighted by molar-refractivity contribution is 5.96. The van der Waals surface area contributed by atoms with Gasteiger partial charge in [-0.25, -0.2) is 0 Å². The lowest BCUT2D eigenvalue weighted by molar-refractivity contribution is -0.134. The average molecular weight is 281 g/mol. The maximum absolute atomic E-state index is 12.4. The van der Waals surface area contributed by atoms with E-state index in [0.29, 0.717) is 12.2 Å². The Balaban J connectivity index is 1.79. The van der Waals surface area contributed by atoms with Crippen LogP contribution in [0.2, 0.25) is 0 Å². The van der Waals surface area contributed by atoms with E-state index in [0.717, 1.165) is 11.3 Å². The number of pyridine rings is 1. The number of carbonyl (C=O) groups is 2. The molecule has 2 aromatic rings. The van der Waals surface area contributed by atoms with E-state index in [9.17, 15) is 9.59 Å². The fraction of sp³-hybridized carbons (Fsp3) is 0.188. The molecule has 0 saturated heterocycles. The van der Waals surface area contributed by atoms with Crippen molar-refractivity contribution in [2.24, 2.45) is 0 Å². The van der Waals surface area contributed by atoms with Crippen molar-refractivity contribution in [3.05, 3.63) is 59.9 Å². The number of rotatable bonds is 2. The lowest BCUT2D eigenvalue weighted by atomic mass is 10.1. The van der Waals surface area contributed by atoms with Crippen LogP contribution in [0.1, 0.15) is 11.3 Å². The van der Waals surface area contributed by atoms with Crippen molar-refractivity contribution in [2.45, 2.75) is 13.0 Å². The number of hydrogen-bond donors (Lipinski definition) is 1. The molecule has 0 unspecified atom stereocenters. The van der Waals surface area contributed by atoms with Crippen molar-refractivity contribution in [2.75, 3.05) is 11.9 Å². The summed E-state index contributed by atoms with van der Waals surface area (Å²) in [6.45, 7) is 0.501. The first kappa shape index (κ1) is 13.3. The van der Waals surface area contributed by atoms with Gasteiger partial charge in [-0.05, 0) is 23.8 Å². The number of carbonyl (C=O) groups excluding carboxylic acids is 2. The third-order valence-electron chi connectivity index (χ3n) is 3.40. The fourth-order valence-electron chi connectivity index (χ4n) is 2.35. The Morgan fingerprint density at radius 3 is 2.76 bits per heavy atom. The van der Waals surface area contributed by atoms with Crippen molar-refractivity contribution >= 4 is 17.5 Å². The van der Waals surface area contributed by atoms with E-state index in [1.54, 1.807) is 11.1 Å². The van der Waals surface area contributed by atoms with Crippen LogP contribution in [0.25, 0.3) is 0 Å². The van der Waals surface area contributed by atoms with E-state index in [1.807, 2.05) is 42.5 Å². The van der Waals surface area contributed by atoms with Crippen LogP contribution < -0.4 is 5.32 Å². The van der Waals surface area contributed by atoms with Gasteiger partial charge in [0.05, 0.1) is 6.42 Å². The van der Waals surface area contributed by atoms with E-state index < -0.39 is 0 Å².